The lowest BCUT2D eigenvalue weighted by atomic mass is 10.2. The van der Waals surface area contributed by atoms with Crippen molar-refractivity contribution in [3.8, 4) is 11.6 Å². The van der Waals surface area contributed by atoms with Gasteiger partial charge in [-0.2, -0.15) is 36.6 Å². The van der Waals surface area contributed by atoms with Gasteiger partial charge in [0.1, 0.15) is 10.7 Å². The Labute approximate surface area is 173 Å². The summed E-state index contributed by atoms with van der Waals surface area (Å²) in [4.78, 5) is 17.1. The number of hydrogen-bond acceptors (Lipinski definition) is 6. The highest BCUT2D eigenvalue weighted by molar-refractivity contribution is 7.87. The molecule has 1 heterocycles. The molecule has 0 saturated heterocycles. The van der Waals surface area contributed by atoms with E-state index in [0.717, 1.165) is 5.56 Å². The summed E-state index contributed by atoms with van der Waals surface area (Å²) in [6, 6.07) is 11.0. The van der Waals surface area contributed by atoms with Gasteiger partial charge in [-0.25, -0.2) is 0 Å². The summed E-state index contributed by atoms with van der Waals surface area (Å²) in [6.45, 7) is 4.79. The molecular weight excluding hydrogens is 414 g/mol. The van der Waals surface area contributed by atoms with Crippen molar-refractivity contribution in [2.45, 2.75) is 25.7 Å². The van der Waals surface area contributed by atoms with E-state index >= 15 is 0 Å². The van der Waals surface area contributed by atoms with E-state index in [-0.39, 0.29) is 27.2 Å². The van der Waals surface area contributed by atoms with Crippen molar-refractivity contribution >= 4 is 27.9 Å². The Bertz CT molecular complexity index is 1270. The summed E-state index contributed by atoms with van der Waals surface area (Å²) >= 11 is 6.28. The monoisotopic (exact) mass is 430 g/mol. The lowest BCUT2D eigenvalue weighted by Gasteiger charge is -2.19. The largest absolute Gasteiger partial charge is 0.376 e. The van der Waals surface area contributed by atoms with Gasteiger partial charge in [-0.3, -0.25) is 9.36 Å². The third kappa shape index (κ3) is 3.94. The molecule has 2 aromatic carbocycles. The number of aryl methyl sites for hydroxylation is 2. The van der Waals surface area contributed by atoms with Crippen molar-refractivity contribution in [2.24, 2.45) is 0 Å². The molecule has 0 atom stereocenters. The van der Waals surface area contributed by atoms with Crippen LogP contribution in [0.5, 0.6) is 5.88 Å². The number of hydrogen-bond donors (Lipinski definition) is 1. The molecule has 0 spiro atoms. The highest BCUT2D eigenvalue weighted by Gasteiger charge is 2.22. The maximum atomic E-state index is 13.0. The van der Waals surface area contributed by atoms with Gasteiger partial charge in [-0.05, 0) is 37.9 Å². The number of nitrogens with zero attached hydrogens (tertiary/aromatic N) is 2. The van der Waals surface area contributed by atoms with E-state index in [1.54, 1.807) is 30.3 Å². The Hall–Kier alpha value is -2.97. The van der Waals surface area contributed by atoms with E-state index in [0.29, 0.717) is 11.3 Å². The Morgan fingerprint density at radius 3 is 2.38 bits per heavy atom. The van der Waals surface area contributed by atoms with Crippen LogP contribution in [0.15, 0.2) is 52.2 Å². The summed E-state index contributed by atoms with van der Waals surface area (Å²) in [6.07, 6.45) is 2.20. The first-order chi connectivity index (χ1) is 13.7. The first-order valence-corrected chi connectivity index (χ1v) is 10.3. The second-order valence-electron chi connectivity index (χ2n) is 6.34. The summed E-state index contributed by atoms with van der Waals surface area (Å²) in [7, 11) is -4.15. The molecule has 0 aliphatic heterocycles. The topological polar surface area (TPSA) is 102 Å². The maximum absolute atomic E-state index is 13.0. The third-order valence-corrected chi connectivity index (χ3v) is 5.91. The van der Waals surface area contributed by atoms with Gasteiger partial charge >= 0.3 is 10.1 Å². The van der Waals surface area contributed by atoms with Crippen LogP contribution >= 0.6 is 11.6 Å². The third-order valence-electron chi connectivity index (χ3n) is 4.28. The lowest BCUT2D eigenvalue weighted by molar-refractivity contribution is 0.469. The van der Waals surface area contributed by atoms with Gasteiger partial charge < -0.3 is 9.59 Å². The van der Waals surface area contributed by atoms with Crippen LogP contribution < -0.4 is 9.74 Å². The summed E-state index contributed by atoms with van der Waals surface area (Å²) in [5, 5.41) is 7.46. The molecule has 150 valence electrons. The first kappa shape index (κ1) is 20.8. The van der Waals surface area contributed by atoms with Crippen LogP contribution in [0.3, 0.4) is 0 Å². The molecule has 1 aromatic heterocycles. The molecule has 0 radical (unpaired) electrons. The van der Waals surface area contributed by atoms with Crippen LogP contribution in [-0.2, 0) is 10.1 Å². The summed E-state index contributed by atoms with van der Waals surface area (Å²) in [5.41, 5.74) is 1.01. The minimum Gasteiger partial charge on any atom is -0.376 e. The van der Waals surface area contributed by atoms with E-state index in [1.165, 1.54) is 30.5 Å². The maximum Gasteiger partial charge on any atom is 0.340 e. The molecule has 1 N–H and O–H groups in total. The summed E-state index contributed by atoms with van der Waals surface area (Å²) < 4.78 is 31.5. The Kier molecular flexibility index (Phi) is 5.59. The van der Waals surface area contributed by atoms with Gasteiger partial charge in [0.15, 0.2) is 0 Å². The number of benzene rings is 2. The Balaban J connectivity index is 2.10. The second-order valence-corrected chi connectivity index (χ2v) is 8.27. The Morgan fingerprint density at radius 2 is 1.76 bits per heavy atom. The van der Waals surface area contributed by atoms with Gasteiger partial charge in [0, 0.05) is 5.69 Å². The van der Waals surface area contributed by atoms with Crippen LogP contribution in [0.2, 0.25) is 5.02 Å². The standard InChI is InChI=1S/C20H17ClN3O4S/c1-12-7-9-16(10-8-12)29(26,27)28-19-13(2)20(25)24(14(3)23-19)17-6-4-5-15(11-22)18(17)21/h4-10,22H,1-3H3/q-1. The molecule has 0 aliphatic rings. The van der Waals surface area contributed by atoms with E-state index < -0.39 is 15.7 Å². The van der Waals surface area contributed by atoms with Gasteiger partial charge in [-0.15, -0.1) is 6.07 Å². The number of aromatic nitrogens is 2. The number of rotatable bonds is 5. The van der Waals surface area contributed by atoms with Crippen molar-refractivity contribution in [2.75, 3.05) is 0 Å². The van der Waals surface area contributed by atoms with Crippen LogP contribution in [-0.4, -0.2) is 24.2 Å². The van der Waals surface area contributed by atoms with Crippen LogP contribution in [0.4, 0.5) is 0 Å². The van der Waals surface area contributed by atoms with E-state index in [9.17, 15) is 13.2 Å². The SMILES string of the molecule is Cc1ccc(S(=O)(=O)Oc2nc(C)n(-c3cccc([C-]=N)c3Cl)c(=O)c2C)cc1. The minimum absolute atomic E-state index is 0.00610. The van der Waals surface area contributed by atoms with Gasteiger partial charge in [0.2, 0.25) is 5.88 Å². The number of halogens is 1. The zero-order valence-electron chi connectivity index (χ0n) is 15.9. The molecule has 0 saturated carbocycles. The van der Waals surface area contributed by atoms with Crippen molar-refractivity contribution in [1.82, 2.24) is 9.55 Å². The van der Waals surface area contributed by atoms with E-state index in [4.69, 9.17) is 21.2 Å². The average molecular weight is 431 g/mol. The highest BCUT2D eigenvalue weighted by atomic mass is 35.5. The predicted molar refractivity (Wildman–Crippen MR) is 110 cm³/mol. The molecule has 0 aliphatic carbocycles. The smallest absolute Gasteiger partial charge is 0.340 e. The highest BCUT2D eigenvalue weighted by Crippen LogP contribution is 2.25. The quantitative estimate of drug-likeness (QED) is 0.379. The molecule has 3 rings (SSSR count). The molecule has 9 heteroatoms. The molecule has 0 unspecified atom stereocenters. The van der Waals surface area contributed by atoms with Crippen LogP contribution in [0.25, 0.3) is 5.69 Å². The Morgan fingerprint density at radius 1 is 1.10 bits per heavy atom. The van der Waals surface area contributed by atoms with Gasteiger partial charge in [-0.1, -0.05) is 30.0 Å². The van der Waals surface area contributed by atoms with E-state index in [2.05, 4.69) is 11.2 Å². The fourth-order valence-corrected chi connectivity index (χ4v) is 3.89. The molecule has 0 bridgehead atoms. The van der Waals surface area contributed by atoms with Gasteiger partial charge in [0.25, 0.3) is 5.56 Å². The number of nitrogens with one attached hydrogen (secondary N) is 1. The minimum atomic E-state index is -4.15. The molecule has 29 heavy (non-hydrogen) atoms. The van der Waals surface area contributed by atoms with Crippen LogP contribution in [0.1, 0.15) is 22.5 Å². The lowest BCUT2D eigenvalue weighted by Crippen LogP contribution is -2.26. The molecule has 3 aromatic rings. The molecule has 0 fully saturated rings. The molecule has 0 amide bonds. The average Bonchev–Trinajstić information content (AvgIpc) is 2.67. The zero-order chi connectivity index (χ0) is 21.3. The molecular formula is C20H17ClN3O4S-. The van der Waals surface area contributed by atoms with Crippen molar-refractivity contribution < 1.29 is 12.6 Å². The summed E-state index contributed by atoms with van der Waals surface area (Å²) in [5.74, 6) is -0.117. The van der Waals surface area contributed by atoms with E-state index in [1.807, 2.05) is 6.92 Å². The van der Waals surface area contributed by atoms with Crippen LogP contribution in [0, 0.1) is 26.2 Å². The van der Waals surface area contributed by atoms with Crippen molar-refractivity contribution in [3.63, 3.8) is 0 Å². The molecule has 7 nitrogen and oxygen atoms in total. The predicted octanol–water partition coefficient (Wildman–Crippen LogP) is 3.45. The normalized spacial score (nSPS) is 11.3. The fourth-order valence-electron chi connectivity index (χ4n) is 2.70. The van der Waals surface area contributed by atoms with Gasteiger partial charge in [0.05, 0.1) is 5.56 Å². The second kappa shape index (κ2) is 7.81. The first-order valence-electron chi connectivity index (χ1n) is 8.48. The fraction of sp³-hybridized carbons (Fsp3) is 0.150. The zero-order valence-corrected chi connectivity index (χ0v) is 17.4. The van der Waals surface area contributed by atoms with Crippen molar-refractivity contribution in [1.29, 1.82) is 5.41 Å². The van der Waals surface area contributed by atoms with Crippen molar-refractivity contribution in [3.05, 3.63) is 80.4 Å².